The Hall–Kier alpha value is -2.04. The van der Waals surface area contributed by atoms with Gasteiger partial charge in [-0.05, 0) is 31.7 Å². The predicted octanol–water partition coefficient (Wildman–Crippen LogP) is 1.83. The van der Waals surface area contributed by atoms with Gasteiger partial charge in [-0.1, -0.05) is 13.3 Å². The smallest absolute Gasteiger partial charge is 0.214 e. The number of hydrogen-bond donors (Lipinski definition) is 2. The predicted molar refractivity (Wildman–Crippen MR) is 106 cm³/mol. The lowest BCUT2D eigenvalue weighted by Crippen LogP contribution is -2.36. The fourth-order valence-electron chi connectivity index (χ4n) is 4.25. The van der Waals surface area contributed by atoms with E-state index in [4.69, 9.17) is 4.74 Å². The van der Waals surface area contributed by atoms with Gasteiger partial charge in [-0.3, -0.25) is 4.40 Å². The third-order valence-corrected chi connectivity index (χ3v) is 6.96. The van der Waals surface area contributed by atoms with E-state index in [1.54, 1.807) is 6.20 Å². The Morgan fingerprint density at radius 1 is 1.32 bits per heavy atom. The van der Waals surface area contributed by atoms with E-state index in [0.717, 1.165) is 29.8 Å². The topological polar surface area (TPSA) is 114 Å². The molecule has 3 atom stereocenters. The molecule has 4 rings (SSSR count). The van der Waals surface area contributed by atoms with Crippen LogP contribution in [0.5, 0.6) is 0 Å². The number of rotatable bonds is 8. The molecule has 1 saturated carbocycles. The summed E-state index contributed by atoms with van der Waals surface area (Å²) in [5.41, 5.74) is 2.43. The third kappa shape index (κ3) is 3.63. The Morgan fingerprint density at radius 3 is 2.96 bits per heavy atom. The number of ether oxygens (including phenoxy) is 1. The second-order valence-electron chi connectivity index (χ2n) is 7.30. The van der Waals surface area contributed by atoms with Crippen LogP contribution in [-0.4, -0.2) is 58.0 Å². The Bertz CT molecular complexity index is 1060. The van der Waals surface area contributed by atoms with Crippen molar-refractivity contribution in [2.75, 3.05) is 19.0 Å². The van der Waals surface area contributed by atoms with Crippen LogP contribution in [0.3, 0.4) is 0 Å². The normalized spacial score (nSPS) is 23.1. The minimum absolute atomic E-state index is 0.0116. The van der Waals surface area contributed by atoms with E-state index < -0.39 is 10.0 Å². The minimum atomic E-state index is -3.36. The van der Waals surface area contributed by atoms with Crippen molar-refractivity contribution in [1.82, 2.24) is 29.3 Å². The highest BCUT2D eigenvalue weighted by atomic mass is 32.2. The number of aromatic amines is 1. The van der Waals surface area contributed by atoms with Crippen molar-refractivity contribution in [1.29, 1.82) is 0 Å². The van der Waals surface area contributed by atoms with Gasteiger partial charge in [0.15, 0.2) is 11.3 Å². The Morgan fingerprint density at radius 2 is 2.18 bits per heavy atom. The molecule has 9 nitrogen and oxygen atoms in total. The largest absolute Gasteiger partial charge is 0.381 e. The van der Waals surface area contributed by atoms with Gasteiger partial charge >= 0.3 is 0 Å². The number of nitrogens with zero attached hydrogens (tertiary/aromatic N) is 4. The summed E-state index contributed by atoms with van der Waals surface area (Å²) in [5.74, 6) is 1.35. The van der Waals surface area contributed by atoms with Crippen molar-refractivity contribution in [2.24, 2.45) is 5.92 Å². The summed E-state index contributed by atoms with van der Waals surface area (Å²) in [7, 11) is -3.36. The number of fused-ring (bicyclic) bond motifs is 3. The highest BCUT2D eigenvalue weighted by molar-refractivity contribution is 7.89. The van der Waals surface area contributed by atoms with Crippen LogP contribution in [0.2, 0.25) is 0 Å². The first-order valence-electron chi connectivity index (χ1n) is 9.77. The van der Waals surface area contributed by atoms with Crippen molar-refractivity contribution in [3.05, 3.63) is 24.3 Å². The Kier molecular flexibility index (Phi) is 5.35. The lowest BCUT2D eigenvalue weighted by Gasteiger charge is -2.16. The number of hydrogen-bond acceptors (Lipinski definition) is 6. The molecule has 3 aromatic rings. The maximum atomic E-state index is 12.4. The van der Waals surface area contributed by atoms with Crippen molar-refractivity contribution in [2.45, 2.75) is 45.1 Å². The van der Waals surface area contributed by atoms with Crippen LogP contribution in [0.4, 0.5) is 0 Å². The number of sulfonamides is 1. The maximum Gasteiger partial charge on any atom is 0.214 e. The average molecular weight is 407 g/mol. The molecule has 28 heavy (non-hydrogen) atoms. The van der Waals surface area contributed by atoms with Gasteiger partial charge in [-0.25, -0.2) is 18.1 Å². The van der Waals surface area contributed by atoms with E-state index in [2.05, 4.69) is 31.8 Å². The first-order valence-corrected chi connectivity index (χ1v) is 11.4. The second-order valence-corrected chi connectivity index (χ2v) is 9.17. The number of H-pyrrole nitrogens is 1. The van der Waals surface area contributed by atoms with Crippen LogP contribution in [0.1, 0.15) is 44.9 Å². The van der Waals surface area contributed by atoms with Gasteiger partial charge in [-0.2, -0.15) is 0 Å². The summed E-state index contributed by atoms with van der Waals surface area (Å²) in [4.78, 5) is 7.48. The van der Waals surface area contributed by atoms with Crippen LogP contribution in [-0.2, 0) is 14.8 Å². The van der Waals surface area contributed by atoms with Crippen molar-refractivity contribution in [3.63, 3.8) is 0 Å². The van der Waals surface area contributed by atoms with Gasteiger partial charge in [-0.15, -0.1) is 10.2 Å². The van der Waals surface area contributed by atoms with E-state index in [1.165, 1.54) is 0 Å². The zero-order valence-electron chi connectivity index (χ0n) is 16.1. The van der Waals surface area contributed by atoms with Gasteiger partial charge in [0.05, 0.1) is 24.1 Å². The zero-order chi connectivity index (χ0) is 19.7. The van der Waals surface area contributed by atoms with Gasteiger partial charge in [0.25, 0.3) is 0 Å². The van der Waals surface area contributed by atoms with Crippen molar-refractivity contribution in [3.8, 4) is 0 Å². The molecule has 0 aromatic carbocycles. The van der Waals surface area contributed by atoms with E-state index >= 15 is 0 Å². The summed E-state index contributed by atoms with van der Waals surface area (Å²) in [6.07, 6.45) is 6.02. The van der Waals surface area contributed by atoms with Gasteiger partial charge in [0.2, 0.25) is 10.0 Å². The van der Waals surface area contributed by atoms with Gasteiger partial charge in [0, 0.05) is 24.8 Å². The molecule has 0 aliphatic heterocycles. The monoisotopic (exact) mass is 406 g/mol. The highest BCUT2D eigenvalue weighted by Crippen LogP contribution is 2.41. The van der Waals surface area contributed by atoms with Crippen LogP contribution < -0.4 is 4.72 Å². The first-order chi connectivity index (χ1) is 13.5. The molecule has 0 bridgehead atoms. The van der Waals surface area contributed by atoms with Crippen LogP contribution >= 0.6 is 0 Å². The molecule has 1 aliphatic carbocycles. The standard InChI is InChI=1S/C18H26N6O3S/c1-3-12-9-13(23-28(25,26)8-7-27-4-2)10-14(12)18-22-21-16-11-20-17-15(24(16)18)5-6-19-17/h5-6,11-14,19,23H,3-4,7-10H2,1-2H3/t12-,13+,14+/m1/s1. The molecule has 0 saturated heterocycles. The lowest BCUT2D eigenvalue weighted by atomic mass is 9.93. The minimum Gasteiger partial charge on any atom is -0.381 e. The van der Waals surface area contributed by atoms with E-state index in [-0.39, 0.29) is 24.3 Å². The summed E-state index contributed by atoms with van der Waals surface area (Å²) >= 11 is 0. The molecule has 3 aromatic heterocycles. The molecular formula is C18H26N6O3S. The zero-order valence-corrected chi connectivity index (χ0v) is 16.9. The molecule has 0 unspecified atom stereocenters. The van der Waals surface area contributed by atoms with Crippen LogP contribution in [0.25, 0.3) is 16.8 Å². The SMILES string of the molecule is CCOCCS(=O)(=O)N[C@H]1C[C@@H](CC)[C@@H](c2nnc3cnc4[nH]ccc4n23)C1. The number of nitrogens with one attached hydrogen (secondary N) is 2. The molecule has 0 spiro atoms. The summed E-state index contributed by atoms with van der Waals surface area (Å²) < 4.78 is 34.8. The maximum absolute atomic E-state index is 12.4. The molecule has 1 aliphatic rings. The van der Waals surface area contributed by atoms with Gasteiger partial charge in [0.1, 0.15) is 5.82 Å². The Labute approximate surface area is 164 Å². The summed E-state index contributed by atoms with van der Waals surface area (Å²) in [6.45, 7) is 4.72. The van der Waals surface area contributed by atoms with Crippen LogP contribution in [0, 0.1) is 5.92 Å². The summed E-state index contributed by atoms with van der Waals surface area (Å²) in [6, 6.07) is 1.86. The molecule has 0 radical (unpaired) electrons. The van der Waals surface area contributed by atoms with E-state index in [0.29, 0.717) is 24.6 Å². The molecule has 1 fully saturated rings. The fraction of sp³-hybridized carbons (Fsp3) is 0.611. The molecule has 152 valence electrons. The lowest BCUT2D eigenvalue weighted by molar-refractivity contribution is 0.163. The molecule has 2 N–H and O–H groups in total. The Balaban J connectivity index is 1.58. The molecule has 0 amide bonds. The fourth-order valence-corrected chi connectivity index (χ4v) is 5.41. The van der Waals surface area contributed by atoms with Crippen LogP contribution in [0.15, 0.2) is 18.5 Å². The molecule has 10 heteroatoms. The third-order valence-electron chi connectivity index (χ3n) is 5.56. The first kappa shape index (κ1) is 19.3. The van der Waals surface area contributed by atoms with E-state index in [9.17, 15) is 8.42 Å². The van der Waals surface area contributed by atoms with E-state index in [1.807, 2.05) is 23.6 Å². The molecular weight excluding hydrogens is 380 g/mol. The van der Waals surface area contributed by atoms with Crippen molar-refractivity contribution < 1.29 is 13.2 Å². The molecule has 3 heterocycles. The van der Waals surface area contributed by atoms with Crippen molar-refractivity contribution >= 4 is 26.8 Å². The number of aromatic nitrogens is 5. The second kappa shape index (κ2) is 7.76. The quantitative estimate of drug-likeness (QED) is 0.552. The van der Waals surface area contributed by atoms with Gasteiger partial charge < -0.3 is 9.72 Å². The highest BCUT2D eigenvalue weighted by Gasteiger charge is 2.38. The average Bonchev–Trinajstić information content (AvgIpc) is 3.37. The summed E-state index contributed by atoms with van der Waals surface area (Å²) in [5, 5.41) is 8.75.